The molecule has 0 fully saturated rings. The lowest BCUT2D eigenvalue weighted by molar-refractivity contribution is -0.385. The molecule has 0 aliphatic carbocycles. The van der Waals surface area contributed by atoms with Crippen LogP contribution in [0.15, 0.2) is 36.5 Å². The molecule has 6 nitrogen and oxygen atoms in total. The standard InChI is InChI=1S/C14H11ClN2O4/c1-9-6-11(3-4-12(9)17(19)20)14(18)21-8-10-2-5-13(15)16-7-10/h2-7H,8H2,1H3. The summed E-state index contributed by atoms with van der Waals surface area (Å²) in [5.74, 6) is -0.553. The van der Waals surface area contributed by atoms with Crippen molar-refractivity contribution in [2.24, 2.45) is 0 Å². The third-order valence-electron chi connectivity index (χ3n) is 2.79. The first-order valence-electron chi connectivity index (χ1n) is 6.00. The van der Waals surface area contributed by atoms with Gasteiger partial charge in [0.25, 0.3) is 5.69 Å². The van der Waals surface area contributed by atoms with E-state index in [-0.39, 0.29) is 17.9 Å². The number of rotatable bonds is 4. The molecule has 2 rings (SSSR count). The van der Waals surface area contributed by atoms with Gasteiger partial charge in [-0.3, -0.25) is 10.1 Å². The predicted molar refractivity (Wildman–Crippen MR) is 76.2 cm³/mol. The summed E-state index contributed by atoms with van der Waals surface area (Å²) in [5, 5.41) is 11.1. The molecule has 0 aliphatic rings. The zero-order valence-corrected chi connectivity index (χ0v) is 11.8. The van der Waals surface area contributed by atoms with Gasteiger partial charge in [0, 0.05) is 23.4 Å². The second-order valence-electron chi connectivity index (χ2n) is 4.32. The normalized spacial score (nSPS) is 10.2. The number of benzene rings is 1. The summed E-state index contributed by atoms with van der Waals surface area (Å²) in [5.41, 5.74) is 1.34. The second-order valence-corrected chi connectivity index (χ2v) is 4.71. The number of hydrogen-bond donors (Lipinski definition) is 0. The van der Waals surface area contributed by atoms with Crippen LogP contribution in [0, 0.1) is 17.0 Å². The maximum atomic E-state index is 11.9. The Labute approximate surface area is 125 Å². The largest absolute Gasteiger partial charge is 0.457 e. The van der Waals surface area contributed by atoms with E-state index < -0.39 is 10.9 Å². The molecular formula is C14H11ClN2O4. The summed E-state index contributed by atoms with van der Waals surface area (Å²) >= 11 is 5.65. The Morgan fingerprint density at radius 3 is 2.71 bits per heavy atom. The molecular weight excluding hydrogens is 296 g/mol. The molecule has 108 valence electrons. The number of carbonyl (C=O) groups is 1. The molecule has 21 heavy (non-hydrogen) atoms. The van der Waals surface area contributed by atoms with E-state index in [1.165, 1.54) is 24.4 Å². The van der Waals surface area contributed by atoms with E-state index in [0.29, 0.717) is 16.3 Å². The lowest BCUT2D eigenvalue weighted by Gasteiger charge is -2.05. The number of hydrogen-bond acceptors (Lipinski definition) is 5. The van der Waals surface area contributed by atoms with Crippen molar-refractivity contribution >= 4 is 23.3 Å². The summed E-state index contributed by atoms with van der Waals surface area (Å²) in [6, 6.07) is 7.38. The van der Waals surface area contributed by atoms with E-state index in [2.05, 4.69) is 4.98 Å². The molecule has 1 heterocycles. The van der Waals surface area contributed by atoms with E-state index in [1.807, 2.05) is 0 Å². The fourth-order valence-electron chi connectivity index (χ4n) is 1.71. The lowest BCUT2D eigenvalue weighted by Crippen LogP contribution is -2.06. The summed E-state index contributed by atoms with van der Waals surface area (Å²) in [4.78, 5) is 26.0. The van der Waals surface area contributed by atoms with Crippen LogP contribution < -0.4 is 0 Å². The average Bonchev–Trinajstić information content (AvgIpc) is 2.45. The quantitative estimate of drug-likeness (QED) is 0.374. The number of nitrogens with zero attached hydrogens (tertiary/aromatic N) is 2. The molecule has 0 N–H and O–H groups in total. The first-order valence-corrected chi connectivity index (χ1v) is 6.38. The first-order chi connectivity index (χ1) is 9.97. The van der Waals surface area contributed by atoms with Crippen molar-refractivity contribution < 1.29 is 14.5 Å². The van der Waals surface area contributed by atoms with Crippen molar-refractivity contribution in [2.45, 2.75) is 13.5 Å². The molecule has 0 saturated heterocycles. The van der Waals surface area contributed by atoms with E-state index in [9.17, 15) is 14.9 Å². The number of nitro groups is 1. The van der Waals surface area contributed by atoms with Crippen molar-refractivity contribution in [3.05, 3.63) is 68.5 Å². The number of nitro benzene ring substituents is 1. The summed E-state index contributed by atoms with van der Waals surface area (Å²) in [7, 11) is 0. The minimum absolute atomic E-state index is 0.0338. The van der Waals surface area contributed by atoms with Crippen LogP contribution in [0.25, 0.3) is 0 Å². The third kappa shape index (κ3) is 3.76. The maximum Gasteiger partial charge on any atom is 0.338 e. The molecule has 0 bridgehead atoms. The van der Waals surface area contributed by atoms with Crippen LogP contribution in [0.5, 0.6) is 0 Å². The van der Waals surface area contributed by atoms with Gasteiger partial charge in [-0.15, -0.1) is 0 Å². The van der Waals surface area contributed by atoms with E-state index in [1.54, 1.807) is 19.1 Å². The molecule has 0 atom stereocenters. The second kappa shape index (κ2) is 6.32. The maximum absolute atomic E-state index is 11.9. The Morgan fingerprint density at radius 1 is 1.38 bits per heavy atom. The van der Waals surface area contributed by atoms with Crippen LogP contribution in [0.4, 0.5) is 5.69 Å². The van der Waals surface area contributed by atoms with Crippen LogP contribution in [-0.4, -0.2) is 15.9 Å². The molecule has 0 amide bonds. The van der Waals surface area contributed by atoms with Gasteiger partial charge in [0.1, 0.15) is 11.8 Å². The molecule has 0 radical (unpaired) electrons. The number of aromatic nitrogens is 1. The van der Waals surface area contributed by atoms with Gasteiger partial charge in [-0.05, 0) is 25.1 Å². The monoisotopic (exact) mass is 306 g/mol. The first kappa shape index (κ1) is 14.9. The van der Waals surface area contributed by atoms with Gasteiger partial charge in [0.15, 0.2) is 0 Å². The average molecular weight is 307 g/mol. The van der Waals surface area contributed by atoms with E-state index >= 15 is 0 Å². The van der Waals surface area contributed by atoms with Crippen molar-refractivity contribution in [1.29, 1.82) is 0 Å². The Hall–Kier alpha value is -2.47. The Morgan fingerprint density at radius 2 is 2.14 bits per heavy atom. The topological polar surface area (TPSA) is 82.3 Å². The zero-order valence-electron chi connectivity index (χ0n) is 11.1. The van der Waals surface area contributed by atoms with Gasteiger partial charge in [0.2, 0.25) is 0 Å². The number of aryl methyl sites for hydroxylation is 1. The van der Waals surface area contributed by atoms with Crippen LogP contribution in [0.1, 0.15) is 21.5 Å². The van der Waals surface area contributed by atoms with Gasteiger partial charge in [-0.25, -0.2) is 9.78 Å². The minimum atomic E-state index is -0.553. The SMILES string of the molecule is Cc1cc(C(=O)OCc2ccc(Cl)nc2)ccc1[N+](=O)[O-]. The minimum Gasteiger partial charge on any atom is -0.457 e. The van der Waals surface area contributed by atoms with E-state index in [0.717, 1.165) is 0 Å². The molecule has 1 aromatic heterocycles. The lowest BCUT2D eigenvalue weighted by atomic mass is 10.1. The highest BCUT2D eigenvalue weighted by Crippen LogP contribution is 2.19. The Balaban J connectivity index is 2.05. The molecule has 1 aromatic carbocycles. The number of carbonyl (C=O) groups excluding carboxylic acids is 1. The molecule has 0 unspecified atom stereocenters. The zero-order chi connectivity index (χ0) is 15.4. The van der Waals surface area contributed by atoms with Gasteiger partial charge in [0.05, 0.1) is 10.5 Å². The molecule has 0 aliphatic heterocycles. The van der Waals surface area contributed by atoms with Crippen molar-refractivity contribution in [2.75, 3.05) is 0 Å². The molecule has 0 spiro atoms. The fraction of sp³-hybridized carbons (Fsp3) is 0.143. The fourth-order valence-corrected chi connectivity index (χ4v) is 1.82. The number of esters is 1. The van der Waals surface area contributed by atoms with Gasteiger partial charge in [-0.2, -0.15) is 0 Å². The smallest absolute Gasteiger partial charge is 0.338 e. The van der Waals surface area contributed by atoms with E-state index in [4.69, 9.17) is 16.3 Å². The van der Waals surface area contributed by atoms with Crippen LogP contribution in [0.3, 0.4) is 0 Å². The number of halogens is 1. The van der Waals surface area contributed by atoms with Gasteiger partial charge in [-0.1, -0.05) is 17.7 Å². The van der Waals surface area contributed by atoms with Gasteiger partial charge >= 0.3 is 5.97 Å². The van der Waals surface area contributed by atoms with Crippen molar-refractivity contribution in [3.8, 4) is 0 Å². The van der Waals surface area contributed by atoms with Crippen LogP contribution in [0.2, 0.25) is 5.15 Å². The highest BCUT2D eigenvalue weighted by molar-refractivity contribution is 6.29. The Bertz CT molecular complexity index is 686. The van der Waals surface area contributed by atoms with Gasteiger partial charge < -0.3 is 4.74 Å². The molecule has 7 heteroatoms. The summed E-state index contributed by atoms with van der Waals surface area (Å²) < 4.78 is 5.12. The summed E-state index contributed by atoms with van der Waals surface area (Å²) in [6.45, 7) is 1.62. The molecule has 2 aromatic rings. The van der Waals surface area contributed by atoms with Crippen LogP contribution in [-0.2, 0) is 11.3 Å². The third-order valence-corrected chi connectivity index (χ3v) is 3.01. The van der Waals surface area contributed by atoms with Crippen molar-refractivity contribution in [3.63, 3.8) is 0 Å². The Kier molecular flexibility index (Phi) is 4.49. The summed E-state index contributed by atoms with van der Waals surface area (Å²) in [6.07, 6.45) is 1.51. The van der Waals surface area contributed by atoms with Crippen LogP contribution >= 0.6 is 11.6 Å². The number of ether oxygens (including phenoxy) is 1. The van der Waals surface area contributed by atoms with Crippen molar-refractivity contribution in [1.82, 2.24) is 4.98 Å². The molecule has 0 saturated carbocycles. The number of pyridine rings is 1. The highest BCUT2D eigenvalue weighted by Gasteiger charge is 2.14. The predicted octanol–water partition coefficient (Wildman–Crippen LogP) is 3.31. The highest BCUT2D eigenvalue weighted by atomic mass is 35.5.